The summed E-state index contributed by atoms with van der Waals surface area (Å²) >= 11 is 0. The Labute approximate surface area is 174 Å². The van der Waals surface area contributed by atoms with Gasteiger partial charge in [0, 0.05) is 13.2 Å². The number of hydrogen-bond acceptors (Lipinski definition) is 8. The van der Waals surface area contributed by atoms with Crippen molar-refractivity contribution < 1.29 is 33.1 Å². The van der Waals surface area contributed by atoms with E-state index in [-0.39, 0.29) is 30.8 Å². The van der Waals surface area contributed by atoms with Crippen molar-refractivity contribution in [1.29, 1.82) is 0 Å². The van der Waals surface area contributed by atoms with E-state index in [4.69, 9.17) is 23.5 Å². The second-order valence-electron chi connectivity index (χ2n) is 6.97. The summed E-state index contributed by atoms with van der Waals surface area (Å²) in [7, 11) is 1.48. The SMILES string of the molecule is COc1cc(C(=O)OCC(=O)NC[C@@H]2CCCO2)ccc1OCc1c(C)noc1C. The number of nitrogens with one attached hydrogen (secondary N) is 1. The summed E-state index contributed by atoms with van der Waals surface area (Å²) in [5, 5.41) is 6.59. The maximum absolute atomic E-state index is 12.3. The topological polar surface area (TPSA) is 109 Å². The van der Waals surface area contributed by atoms with Crippen LogP contribution in [0.1, 0.15) is 40.2 Å². The summed E-state index contributed by atoms with van der Waals surface area (Å²) in [5.41, 5.74) is 1.86. The standard InChI is InChI=1S/C21H26N2O7/c1-13-17(14(2)30-23-13)11-28-18-7-6-15(9-19(18)26-3)21(25)29-12-20(24)22-10-16-5-4-8-27-16/h6-7,9,16H,4-5,8,10-12H2,1-3H3,(H,22,24)/t16-/m0/s1. The molecule has 1 aromatic carbocycles. The quantitative estimate of drug-likeness (QED) is 0.618. The molecule has 0 aliphatic carbocycles. The molecule has 30 heavy (non-hydrogen) atoms. The van der Waals surface area contributed by atoms with Gasteiger partial charge in [0.2, 0.25) is 0 Å². The van der Waals surface area contributed by atoms with Crippen molar-refractivity contribution in [1.82, 2.24) is 10.5 Å². The van der Waals surface area contributed by atoms with Crippen LogP contribution in [0.2, 0.25) is 0 Å². The van der Waals surface area contributed by atoms with Crippen LogP contribution in [-0.4, -0.2) is 50.0 Å². The molecule has 1 aromatic heterocycles. The van der Waals surface area contributed by atoms with E-state index in [2.05, 4.69) is 10.5 Å². The highest BCUT2D eigenvalue weighted by atomic mass is 16.5. The third kappa shape index (κ3) is 5.50. The van der Waals surface area contributed by atoms with E-state index < -0.39 is 5.97 Å². The lowest BCUT2D eigenvalue weighted by Crippen LogP contribution is -2.34. The molecule has 2 aromatic rings. The third-order valence-electron chi connectivity index (χ3n) is 4.84. The molecule has 0 bridgehead atoms. The van der Waals surface area contributed by atoms with Crippen molar-refractivity contribution in [3.8, 4) is 11.5 Å². The Balaban J connectivity index is 1.52. The minimum Gasteiger partial charge on any atom is -0.493 e. The molecule has 9 nitrogen and oxygen atoms in total. The molecule has 9 heteroatoms. The Bertz CT molecular complexity index is 868. The normalized spacial score (nSPS) is 15.6. The molecule has 0 spiro atoms. The first-order valence-corrected chi connectivity index (χ1v) is 9.76. The predicted octanol–water partition coefficient (Wildman–Crippen LogP) is 2.33. The van der Waals surface area contributed by atoms with Crippen LogP contribution in [0.3, 0.4) is 0 Å². The van der Waals surface area contributed by atoms with Gasteiger partial charge in [-0.05, 0) is 44.9 Å². The van der Waals surface area contributed by atoms with Crippen molar-refractivity contribution in [2.75, 3.05) is 26.9 Å². The molecular formula is C21H26N2O7. The van der Waals surface area contributed by atoms with Crippen LogP contribution in [0, 0.1) is 13.8 Å². The number of amides is 1. The third-order valence-corrected chi connectivity index (χ3v) is 4.84. The van der Waals surface area contributed by atoms with Gasteiger partial charge in [0.25, 0.3) is 5.91 Å². The number of rotatable bonds is 9. The van der Waals surface area contributed by atoms with Crippen molar-refractivity contribution in [2.45, 2.75) is 39.4 Å². The molecule has 2 heterocycles. The van der Waals surface area contributed by atoms with Gasteiger partial charge in [-0.3, -0.25) is 4.79 Å². The molecule has 0 unspecified atom stereocenters. The Kier molecular flexibility index (Phi) is 7.29. The first-order valence-electron chi connectivity index (χ1n) is 9.76. The Morgan fingerprint density at radius 1 is 1.27 bits per heavy atom. The van der Waals surface area contributed by atoms with E-state index in [1.807, 2.05) is 13.8 Å². The first-order chi connectivity index (χ1) is 14.5. The van der Waals surface area contributed by atoms with Gasteiger partial charge < -0.3 is 28.8 Å². The summed E-state index contributed by atoms with van der Waals surface area (Å²) in [6.45, 7) is 4.68. The van der Waals surface area contributed by atoms with Crippen molar-refractivity contribution in [2.24, 2.45) is 0 Å². The van der Waals surface area contributed by atoms with Crippen molar-refractivity contribution in [3.05, 3.63) is 40.8 Å². The summed E-state index contributed by atoms with van der Waals surface area (Å²) in [5.74, 6) is 0.523. The molecule has 1 fully saturated rings. The molecule has 3 rings (SSSR count). The van der Waals surface area contributed by atoms with Gasteiger partial charge in [0.15, 0.2) is 18.1 Å². The summed E-state index contributed by atoms with van der Waals surface area (Å²) < 4.78 is 26.8. The molecule has 1 aliphatic heterocycles. The number of carbonyl (C=O) groups excluding carboxylic acids is 2. The number of benzene rings is 1. The van der Waals surface area contributed by atoms with E-state index in [1.165, 1.54) is 13.2 Å². The lowest BCUT2D eigenvalue weighted by Gasteiger charge is -2.13. The zero-order valence-corrected chi connectivity index (χ0v) is 17.4. The van der Waals surface area contributed by atoms with E-state index in [9.17, 15) is 9.59 Å². The lowest BCUT2D eigenvalue weighted by molar-refractivity contribution is -0.124. The van der Waals surface area contributed by atoms with Crippen LogP contribution in [0.5, 0.6) is 11.5 Å². The number of methoxy groups -OCH3 is 1. The molecule has 0 radical (unpaired) electrons. The number of aromatic nitrogens is 1. The van der Waals surface area contributed by atoms with Crippen LogP contribution >= 0.6 is 0 Å². The van der Waals surface area contributed by atoms with Gasteiger partial charge >= 0.3 is 5.97 Å². The highest BCUT2D eigenvalue weighted by molar-refractivity contribution is 5.92. The van der Waals surface area contributed by atoms with Gasteiger partial charge in [-0.25, -0.2) is 4.79 Å². The average molecular weight is 418 g/mol. The number of nitrogens with zero attached hydrogens (tertiary/aromatic N) is 1. The first kappa shape index (κ1) is 21.6. The Hall–Kier alpha value is -3.07. The Morgan fingerprint density at radius 3 is 2.77 bits per heavy atom. The molecule has 1 N–H and O–H groups in total. The zero-order valence-electron chi connectivity index (χ0n) is 17.4. The van der Waals surface area contributed by atoms with Gasteiger partial charge in [0.05, 0.1) is 30.0 Å². The summed E-state index contributed by atoms with van der Waals surface area (Å²) in [6.07, 6.45) is 1.95. The highest BCUT2D eigenvalue weighted by Gasteiger charge is 2.18. The predicted molar refractivity (Wildman–Crippen MR) is 106 cm³/mol. The molecule has 1 atom stereocenters. The number of hydrogen-bond donors (Lipinski definition) is 1. The van der Waals surface area contributed by atoms with Crippen LogP contribution in [-0.2, 0) is 20.9 Å². The van der Waals surface area contributed by atoms with Gasteiger partial charge in [-0.15, -0.1) is 0 Å². The maximum atomic E-state index is 12.3. The highest BCUT2D eigenvalue weighted by Crippen LogP contribution is 2.29. The second kappa shape index (κ2) is 10.1. The van der Waals surface area contributed by atoms with Crippen LogP contribution < -0.4 is 14.8 Å². The van der Waals surface area contributed by atoms with E-state index >= 15 is 0 Å². The average Bonchev–Trinajstić information content (AvgIpc) is 3.38. The fourth-order valence-corrected chi connectivity index (χ4v) is 3.07. The molecular weight excluding hydrogens is 392 g/mol. The van der Waals surface area contributed by atoms with E-state index in [1.54, 1.807) is 12.1 Å². The van der Waals surface area contributed by atoms with Gasteiger partial charge in [-0.2, -0.15) is 0 Å². The van der Waals surface area contributed by atoms with Crippen LogP contribution in [0.25, 0.3) is 0 Å². The van der Waals surface area contributed by atoms with E-state index in [0.29, 0.717) is 23.8 Å². The number of carbonyl (C=O) groups is 2. The minimum atomic E-state index is -0.627. The van der Waals surface area contributed by atoms with Crippen molar-refractivity contribution in [3.63, 3.8) is 0 Å². The lowest BCUT2D eigenvalue weighted by atomic mass is 10.2. The molecule has 0 saturated carbocycles. The van der Waals surface area contributed by atoms with Gasteiger partial charge in [-0.1, -0.05) is 5.16 Å². The fourth-order valence-electron chi connectivity index (χ4n) is 3.07. The number of aryl methyl sites for hydroxylation is 2. The largest absolute Gasteiger partial charge is 0.493 e. The number of ether oxygens (including phenoxy) is 4. The molecule has 162 valence electrons. The monoisotopic (exact) mass is 418 g/mol. The van der Waals surface area contributed by atoms with Crippen LogP contribution in [0.15, 0.2) is 22.7 Å². The smallest absolute Gasteiger partial charge is 0.338 e. The molecule has 1 amide bonds. The molecule has 1 saturated heterocycles. The zero-order chi connectivity index (χ0) is 21.5. The number of esters is 1. The van der Waals surface area contributed by atoms with Crippen LogP contribution in [0.4, 0.5) is 0 Å². The summed E-state index contributed by atoms with van der Waals surface area (Å²) in [6, 6.07) is 4.68. The summed E-state index contributed by atoms with van der Waals surface area (Å²) in [4.78, 5) is 24.1. The molecule has 1 aliphatic rings. The van der Waals surface area contributed by atoms with Crippen molar-refractivity contribution >= 4 is 11.9 Å². The maximum Gasteiger partial charge on any atom is 0.338 e. The van der Waals surface area contributed by atoms with Gasteiger partial charge in [0.1, 0.15) is 12.4 Å². The van der Waals surface area contributed by atoms with E-state index in [0.717, 1.165) is 30.7 Å². The fraction of sp³-hybridized carbons (Fsp3) is 0.476. The minimum absolute atomic E-state index is 0.0341. The Morgan fingerprint density at radius 2 is 2.10 bits per heavy atom. The second-order valence-corrected chi connectivity index (χ2v) is 6.97.